The van der Waals surface area contributed by atoms with E-state index in [9.17, 15) is 17.2 Å². The Bertz CT molecular complexity index is 3450. The van der Waals surface area contributed by atoms with Gasteiger partial charge in [0.15, 0.2) is 0 Å². The average molecular weight is 1450 g/mol. The van der Waals surface area contributed by atoms with Crippen molar-refractivity contribution in [3.05, 3.63) is 233 Å². The summed E-state index contributed by atoms with van der Waals surface area (Å²) in [5.41, 5.74) is 32.0. The molecule has 91 heavy (non-hydrogen) atoms. The molecule has 5 spiro atoms. The minimum atomic E-state index is -7.47. The minimum absolute atomic E-state index is 0.0825. The van der Waals surface area contributed by atoms with Gasteiger partial charge >= 0.3 is 565 Å². The number of allylic oxidation sites excluding steroid dienone is 16. The second-order valence-corrected chi connectivity index (χ2v) is 90.3. The summed E-state index contributed by atoms with van der Waals surface area (Å²) < 4.78 is -1.57. The summed E-state index contributed by atoms with van der Waals surface area (Å²) in [5, 5.41) is 0. The number of hydrogen-bond donors (Lipinski definition) is 0. The number of fused-ring (bicyclic) bond motifs is 8. The van der Waals surface area contributed by atoms with Gasteiger partial charge in [-0.2, -0.15) is 0 Å². The van der Waals surface area contributed by atoms with Gasteiger partial charge in [-0.25, -0.2) is 0 Å². The molecule has 4 aromatic rings. The Morgan fingerprint density at radius 2 is 0.505 bits per heavy atom. The Balaban J connectivity index is 1.15. The van der Waals surface area contributed by atoms with Crippen molar-refractivity contribution in [3.63, 3.8) is 0 Å². The third kappa shape index (κ3) is 7.67. The van der Waals surface area contributed by atoms with Gasteiger partial charge in [0, 0.05) is 0 Å². The monoisotopic (exact) mass is 1450 g/mol. The van der Waals surface area contributed by atoms with Gasteiger partial charge in [0.1, 0.15) is 0 Å². The second-order valence-electron chi connectivity index (χ2n) is 36.0. The first-order chi connectivity index (χ1) is 42.8. The van der Waals surface area contributed by atoms with Crippen LogP contribution in [-0.2, 0) is 36.3 Å². The zero-order valence-corrected chi connectivity index (χ0v) is 67.0. The van der Waals surface area contributed by atoms with Crippen LogP contribution < -0.4 is 0 Å². The molecule has 0 bridgehead atoms. The molecule has 14 rings (SSSR count). The Kier molecular flexibility index (Phi) is 15.1. The molecule has 10 aliphatic rings. The molecule has 0 radical (unpaired) electrons. The van der Waals surface area contributed by atoms with Gasteiger partial charge in [-0.3, -0.25) is 0 Å². The number of benzene rings is 4. The normalized spacial score (nSPS) is 34.2. The molecule has 0 saturated carbocycles. The zero-order chi connectivity index (χ0) is 64.9. The summed E-state index contributed by atoms with van der Waals surface area (Å²) in [6, 6.07) is 40.2. The van der Waals surface area contributed by atoms with E-state index >= 15 is 0 Å². The van der Waals surface area contributed by atoms with E-state index in [-0.39, 0.29) is 21.7 Å². The van der Waals surface area contributed by atoms with Crippen LogP contribution in [0.25, 0.3) is 0 Å². The fourth-order valence-corrected chi connectivity index (χ4v) is 200. The Morgan fingerprint density at radius 3 is 0.681 bits per heavy atom. The molecule has 0 nitrogen and oxygen atoms in total. The molecule has 8 aliphatic carbocycles. The standard InChI is InChI=1S/2C43H56Si.2ClH.Hf/c2*1-28-26-38-34(30-18-22-32(23-19-30)42(3,4)5)14-10-12-16-36(38)40(28)44(9)41-29(2)27-39-35(15-11-13-17-37(39)41)31-20-24-33(25-21-31)43(6,7)8;;;/h2*18-27,34-35,44H,10-17H2,1-9H3;2*1H;/q;;;;+2/p-2. The van der Waals surface area contributed by atoms with E-state index < -0.39 is 43.4 Å². The van der Waals surface area contributed by atoms with Gasteiger partial charge < -0.3 is 0 Å². The average Bonchev–Trinajstić information content (AvgIpc) is 1.53. The fraction of sp³-hybridized carbons (Fsp3) is 0.535. The molecule has 0 aromatic heterocycles. The first-order valence-corrected chi connectivity index (χ1v) is 57.3. The maximum absolute atomic E-state index is 11.7. The predicted octanol–water partition coefficient (Wildman–Crippen LogP) is 25.7. The summed E-state index contributed by atoms with van der Waals surface area (Å²) >= 11 is -7.47. The molecule has 2 saturated heterocycles. The molecule has 4 aromatic carbocycles. The number of hydrogen-bond acceptors (Lipinski definition) is 0. The van der Waals surface area contributed by atoms with Crippen molar-refractivity contribution in [1.82, 2.24) is 0 Å². The predicted molar refractivity (Wildman–Crippen MR) is 397 cm³/mol. The van der Waals surface area contributed by atoms with Crippen LogP contribution in [0.4, 0.5) is 0 Å². The van der Waals surface area contributed by atoms with Crippen LogP contribution in [0, 0.1) is 0 Å². The van der Waals surface area contributed by atoms with E-state index in [1.807, 2.05) is 0 Å². The number of rotatable bonds is 4. The first-order valence-electron chi connectivity index (χ1n) is 36.6. The third-order valence-electron chi connectivity index (χ3n) is 28.3. The van der Waals surface area contributed by atoms with Gasteiger partial charge in [0.25, 0.3) is 0 Å². The van der Waals surface area contributed by atoms with Crippen molar-refractivity contribution < 1.29 is 14.7 Å². The van der Waals surface area contributed by atoms with Crippen LogP contribution in [0.5, 0.6) is 0 Å². The molecule has 0 amide bonds. The molecule has 2 aliphatic heterocycles. The van der Waals surface area contributed by atoms with Crippen LogP contribution >= 0.6 is 17.2 Å². The Labute approximate surface area is 560 Å². The van der Waals surface area contributed by atoms with Crippen LogP contribution in [0.1, 0.15) is 282 Å². The Morgan fingerprint density at radius 1 is 0.319 bits per heavy atom. The van der Waals surface area contributed by atoms with Gasteiger partial charge in [-0.15, -0.1) is 0 Å². The molecule has 0 N–H and O–H groups in total. The van der Waals surface area contributed by atoms with Crippen molar-refractivity contribution in [2.24, 2.45) is 0 Å². The van der Waals surface area contributed by atoms with Crippen LogP contribution in [0.2, 0.25) is 24.3 Å². The van der Waals surface area contributed by atoms with Crippen LogP contribution in [0.15, 0.2) is 188 Å². The maximum atomic E-state index is 11.7. The first kappa shape index (κ1) is 65.0. The topological polar surface area (TPSA) is 0 Å². The molecule has 2 heterocycles. The van der Waals surface area contributed by atoms with E-state index in [0.29, 0.717) is 23.7 Å². The van der Waals surface area contributed by atoms with Gasteiger partial charge in [0.05, 0.1) is 0 Å². The van der Waals surface area contributed by atoms with Gasteiger partial charge in [-0.1, -0.05) is 0 Å². The summed E-state index contributed by atoms with van der Waals surface area (Å²) in [4.78, 5) is 0. The second kappa shape index (κ2) is 21.1. The van der Waals surface area contributed by atoms with E-state index in [1.165, 1.54) is 122 Å². The molecule has 5 heteroatoms. The molecular formula is C86H112Cl2HfSi2. The van der Waals surface area contributed by atoms with E-state index in [2.05, 4.69) is 245 Å². The summed E-state index contributed by atoms with van der Waals surface area (Å²) in [6.45, 7) is 45.1. The Hall–Kier alpha value is -3.32. The van der Waals surface area contributed by atoms with E-state index in [1.54, 1.807) is 66.9 Å². The quantitative estimate of drug-likeness (QED) is 0.179. The molecular weight excluding hydrogens is 1340 g/mol. The molecule has 482 valence electrons. The zero-order valence-electron chi connectivity index (χ0n) is 59.6. The van der Waals surface area contributed by atoms with Crippen molar-refractivity contribution in [2.75, 3.05) is 0 Å². The number of halogens is 2. The van der Waals surface area contributed by atoms with Crippen LogP contribution in [-0.4, -0.2) is 17.6 Å². The molecule has 2 fully saturated rings. The van der Waals surface area contributed by atoms with Gasteiger partial charge in [0.2, 0.25) is 0 Å². The third-order valence-corrected chi connectivity index (χ3v) is 146. The van der Waals surface area contributed by atoms with E-state index in [4.69, 9.17) is 0 Å². The summed E-state index contributed by atoms with van der Waals surface area (Å²) in [7, 11) is 18.9. The fourth-order valence-electron chi connectivity index (χ4n) is 25.5. The molecule has 8 unspecified atom stereocenters. The van der Waals surface area contributed by atoms with Crippen molar-refractivity contribution in [3.8, 4) is 0 Å². The van der Waals surface area contributed by atoms with Crippen LogP contribution in [0.3, 0.4) is 0 Å². The summed E-state index contributed by atoms with van der Waals surface area (Å²) in [6.07, 6.45) is 30.3. The molecule has 8 atom stereocenters. The van der Waals surface area contributed by atoms with Gasteiger partial charge in [-0.05, 0) is 0 Å². The SMILES string of the molecule is CC1=CC2=C(CCCCC2c2ccc(C(C)(C)C)cc2)[C]12[SiH](C)[C]1(C(C)=CC3=C1CCCCC3c1ccc(C(C)(C)C)cc1)[Hf]21([Cl])([Cl])[C]2(C(C)=CC3=C2CCCCC3c2ccc(C(C)(C)C)cc2)[SiH](C)[C]12C(C)=CC1=C2CCCCC1c1ccc(C(C)(C)C)cc1. The van der Waals surface area contributed by atoms with E-state index in [0.717, 1.165) is 25.7 Å². The summed E-state index contributed by atoms with van der Waals surface area (Å²) in [5.74, 6) is 1.22. The van der Waals surface area contributed by atoms with Crippen molar-refractivity contribution >= 4 is 34.7 Å². The van der Waals surface area contributed by atoms with Crippen molar-refractivity contribution in [2.45, 2.75) is 283 Å². The van der Waals surface area contributed by atoms with Crippen molar-refractivity contribution in [1.29, 1.82) is 0 Å².